The molecule has 2 aromatic carbocycles. The molecular formula is C21H23ClN2O6S. The first-order valence-corrected chi connectivity index (χ1v) is 11.5. The number of nitrogens with zero attached hydrogens (tertiary/aromatic N) is 1. The van der Waals surface area contributed by atoms with Gasteiger partial charge in [0.25, 0.3) is 0 Å². The highest BCUT2D eigenvalue weighted by Crippen LogP contribution is 2.37. The molecule has 1 aliphatic heterocycles. The molecule has 166 valence electrons. The van der Waals surface area contributed by atoms with Crippen molar-refractivity contribution in [1.82, 2.24) is 0 Å². The van der Waals surface area contributed by atoms with Crippen molar-refractivity contribution in [2.45, 2.75) is 25.0 Å². The summed E-state index contributed by atoms with van der Waals surface area (Å²) in [6.45, 7) is 3.36. The van der Waals surface area contributed by atoms with Crippen LogP contribution >= 0.6 is 11.6 Å². The average Bonchev–Trinajstić information content (AvgIpc) is 2.98. The van der Waals surface area contributed by atoms with Gasteiger partial charge in [0.1, 0.15) is 5.75 Å². The van der Waals surface area contributed by atoms with Crippen molar-refractivity contribution in [1.29, 1.82) is 0 Å². The summed E-state index contributed by atoms with van der Waals surface area (Å²) in [5, 5.41) is 3.16. The molecule has 1 heterocycles. The number of carbonyl (C=O) groups is 2. The number of hydrogen-bond acceptors (Lipinski definition) is 6. The Morgan fingerprint density at radius 2 is 1.77 bits per heavy atom. The van der Waals surface area contributed by atoms with Crippen LogP contribution in [0.1, 0.15) is 20.3 Å². The molecule has 3 rings (SSSR count). The fourth-order valence-corrected chi connectivity index (χ4v) is 5.13. The Bertz CT molecular complexity index is 1060. The van der Waals surface area contributed by atoms with Gasteiger partial charge in [-0.3, -0.25) is 9.10 Å². The third-order valence-electron chi connectivity index (χ3n) is 5.02. The van der Waals surface area contributed by atoms with Gasteiger partial charge >= 0.3 is 5.97 Å². The third kappa shape index (κ3) is 4.77. The van der Waals surface area contributed by atoms with E-state index >= 15 is 0 Å². The number of esters is 1. The lowest BCUT2D eigenvalue weighted by Crippen LogP contribution is -2.47. The monoisotopic (exact) mass is 466 g/mol. The van der Waals surface area contributed by atoms with Crippen molar-refractivity contribution in [2.75, 3.05) is 29.4 Å². The second-order valence-corrected chi connectivity index (χ2v) is 9.84. The topological polar surface area (TPSA) is 102 Å². The minimum absolute atomic E-state index is 0.143. The lowest BCUT2D eigenvalue weighted by molar-refractivity contribution is -0.145. The summed E-state index contributed by atoms with van der Waals surface area (Å²) in [4.78, 5) is 24.3. The minimum atomic E-state index is -3.94. The van der Waals surface area contributed by atoms with E-state index in [2.05, 4.69) is 5.32 Å². The molecule has 1 fully saturated rings. The van der Waals surface area contributed by atoms with Gasteiger partial charge in [-0.2, -0.15) is 0 Å². The number of amides is 1. The number of hydrogen-bond donors (Lipinski definition) is 1. The highest BCUT2D eigenvalue weighted by molar-refractivity contribution is 7.95. The Hall–Kier alpha value is -2.78. The number of nitrogens with one attached hydrogen (secondary N) is 1. The van der Waals surface area contributed by atoms with E-state index in [0.29, 0.717) is 22.1 Å². The highest BCUT2D eigenvalue weighted by Gasteiger charge is 2.54. The lowest BCUT2D eigenvalue weighted by Gasteiger charge is -2.25. The molecule has 10 heteroatoms. The quantitative estimate of drug-likeness (QED) is 0.628. The van der Waals surface area contributed by atoms with Gasteiger partial charge in [0.05, 0.1) is 12.3 Å². The van der Waals surface area contributed by atoms with Crippen LogP contribution in [0.4, 0.5) is 11.4 Å². The minimum Gasteiger partial charge on any atom is -0.482 e. The third-order valence-corrected chi connectivity index (χ3v) is 7.77. The molecule has 0 spiro atoms. The summed E-state index contributed by atoms with van der Waals surface area (Å²) < 4.78 is 36.0. The van der Waals surface area contributed by atoms with Gasteiger partial charge in [0.15, 0.2) is 11.4 Å². The molecule has 0 aromatic heterocycles. The molecule has 0 bridgehead atoms. The maximum Gasteiger partial charge on any atom is 0.344 e. The summed E-state index contributed by atoms with van der Waals surface area (Å²) in [6.07, 6.45) is 0.143. The summed E-state index contributed by atoms with van der Waals surface area (Å²) in [5.41, 5.74) is 0.874. The van der Waals surface area contributed by atoms with Crippen molar-refractivity contribution in [3.63, 3.8) is 0 Å². The number of rotatable bonds is 7. The second-order valence-electron chi connectivity index (χ2n) is 7.11. The first-order valence-electron chi connectivity index (χ1n) is 9.65. The first kappa shape index (κ1) is 22.9. The van der Waals surface area contributed by atoms with Crippen molar-refractivity contribution in [3.05, 3.63) is 53.6 Å². The van der Waals surface area contributed by atoms with Crippen molar-refractivity contribution in [2.24, 2.45) is 0 Å². The van der Waals surface area contributed by atoms with E-state index in [0.717, 1.165) is 0 Å². The van der Waals surface area contributed by atoms with E-state index in [1.54, 1.807) is 55.5 Å². The molecule has 0 unspecified atom stereocenters. The van der Waals surface area contributed by atoms with Gasteiger partial charge in [0, 0.05) is 17.3 Å². The summed E-state index contributed by atoms with van der Waals surface area (Å²) in [5.74, 6) is -0.687. The first-order chi connectivity index (χ1) is 14.7. The highest BCUT2D eigenvalue weighted by atomic mass is 35.5. The summed E-state index contributed by atoms with van der Waals surface area (Å²) >= 11 is 5.88. The Morgan fingerprint density at radius 1 is 1.13 bits per heavy atom. The fraction of sp³-hybridized carbons (Fsp3) is 0.333. The van der Waals surface area contributed by atoms with Gasteiger partial charge in [-0.1, -0.05) is 11.6 Å². The van der Waals surface area contributed by atoms with Gasteiger partial charge in [-0.05, 0) is 68.8 Å². The van der Waals surface area contributed by atoms with E-state index in [9.17, 15) is 18.0 Å². The molecule has 31 heavy (non-hydrogen) atoms. The number of benzene rings is 2. The van der Waals surface area contributed by atoms with Crippen molar-refractivity contribution in [3.8, 4) is 5.75 Å². The largest absolute Gasteiger partial charge is 0.482 e. The molecule has 0 aliphatic carbocycles. The zero-order valence-corrected chi connectivity index (χ0v) is 18.7. The SMILES string of the molecule is CCOC(=O)COc1ccc(NC(=O)[C@]2(C)CCN(c3ccc(Cl)cc3)S2(=O)=O)cc1. The van der Waals surface area contributed by atoms with Crippen LogP contribution in [0.25, 0.3) is 0 Å². The molecule has 0 radical (unpaired) electrons. The van der Waals surface area contributed by atoms with E-state index in [1.165, 1.54) is 11.2 Å². The fourth-order valence-electron chi connectivity index (χ4n) is 3.16. The predicted molar refractivity (Wildman–Crippen MR) is 118 cm³/mol. The molecule has 1 saturated heterocycles. The standard InChI is InChI=1S/C21H23ClN2O6S/c1-3-29-19(25)14-30-18-10-6-16(7-11-18)23-20(26)21(2)12-13-24(31(21,27)28)17-8-4-15(22)5-9-17/h4-11H,3,12-14H2,1-2H3,(H,23,26)/t21-/m0/s1. The van der Waals surface area contributed by atoms with Crippen LogP contribution in [-0.4, -0.2) is 44.8 Å². The number of halogens is 1. The predicted octanol–water partition coefficient (Wildman–Crippen LogP) is 3.22. The molecule has 1 amide bonds. The maximum absolute atomic E-state index is 13.2. The van der Waals surface area contributed by atoms with Crippen LogP contribution in [0.15, 0.2) is 48.5 Å². The number of sulfonamides is 1. The molecule has 8 nitrogen and oxygen atoms in total. The Kier molecular flexibility index (Phi) is 6.76. The van der Waals surface area contributed by atoms with Crippen molar-refractivity contribution >= 4 is 44.9 Å². The molecular weight excluding hydrogens is 444 g/mol. The molecule has 1 atom stereocenters. The van der Waals surface area contributed by atoms with E-state index in [1.807, 2.05) is 0 Å². The Morgan fingerprint density at radius 3 is 2.39 bits per heavy atom. The van der Waals surface area contributed by atoms with E-state index in [4.69, 9.17) is 21.1 Å². The zero-order chi connectivity index (χ0) is 22.6. The van der Waals surface area contributed by atoms with Gasteiger partial charge in [0.2, 0.25) is 15.9 Å². The van der Waals surface area contributed by atoms with Crippen LogP contribution < -0.4 is 14.4 Å². The zero-order valence-electron chi connectivity index (χ0n) is 17.1. The van der Waals surface area contributed by atoms with Crippen LogP contribution in [-0.2, 0) is 24.3 Å². The average molecular weight is 467 g/mol. The number of ether oxygens (including phenoxy) is 2. The normalized spacial score (nSPS) is 19.6. The molecule has 0 saturated carbocycles. The smallest absolute Gasteiger partial charge is 0.344 e. The second kappa shape index (κ2) is 9.15. The maximum atomic E-state index is 13.2. The molecule has 2 aromatic rings. The Balaban J connectivity index is 1.68. The van der Waals surface area contributed by atoms with Crippen LogP contribution in [0.5, 0.6) is 5.75 Å². The van der Waals surface area contributed by atoms with Gasteiger partial charge < -0.3 is 14.8 Å². The molecule has 1 N–H and O–H groups in total. The van der Waals surface area contributed by atoms with Crippen molar-refractivity contribution < 1.29 is 27.5 Å². The summed E-state index contributed by atoms with van der Waals surface area (Å²) in [6, 6.07) is 12.7. The van der Waals surface area contributed by atoms with E-state index < -0.39 is 26.6 Å². The lowest BCUT2D eigenvalue weighted by atomic mass is 10.1. The van der Waals surface area contributed by atoms with Crippen LogP contribution in [0, 0.1) is 0 Å². The van der Waals surface area contributed by atoms with E-state index in [-0.39, 0.29) is 26.2 Å². The molecule has 1 aliphatic rings. The van der Waals surface area contributed by atoms with Gasteiger partial charge in [-0.15, -0.1) is 0 Å². The number of carbonyl (C=O) groups excluding carboxylic acids is 2. The Labute approximate surface area is 186 Å². The van der Waals surface area contributed by atoms with Crippen LogP contribution in [0.2, 0.25) is 5.02 Å². The summed E-state index contributed by atoms with van der Waals surface area (Å²) in [7, 11) is -3.94. The number of anilines is 2. The van der Waals surface area contributed by atoms with Crippen LogP contribution in [0.3, 0.4) is 0 Å². The van der Waals surface area contributed by atoms with Gasteiger partial charge in [-0.25, -0.2) is 13.2 Å².